The number of ether oxygens (including phenoxy) is 1. The number of isocyanates is 1. The van der Waals surface area contributed by atoms with Crippen LogP contribution in [0.2, 0.25) is 0 Å². The Bertz CT molecular complexity index is 263. The van der Waals surface area contributed by atoms with Gasteiger partial charge in [-0.05, 0) is 19.8 Å². The van der Waals surface area contributed by atoms with E-state index in [0.717, 1.165) is 32.1 Å². The van der Waals surface area contributed by atoms with E-state index in [4.69, 9.17) is 4.74 Å². The molecule has 0 aliphatic heterocycles. The van der Waals surface area contributed by atoms with Crippen LogP contribution in [0.25, 0.3) is 0 Å². The van der Waals surface area contributed by atoms with Gasteiger partial charge in [0.1, 0.15) is 0 Å². The van der Waals surface area contributed by atoms with Gasteiger partial charge in [-0.15, -0.1) is 0 Å². The van der Waals surface area contributed by atoms with E-state index in [2.05, 4.69) is 4.99 Å². The summed E-state index contributed by atoms with van der Waals surface area (Å²) in [5.74, 6) is -0.265. The van der Waals surface area contributed by atoms with E-state index in [1.807, 2.05) is 0 Å². The molecule has 0 aromatic carbocycles. The number of esters is 1. The number of carbonyl (C=O) groups is 1. The summed E-state index contributed by atoms with van der Waals surface area (Å²) in [6, 6.07) is 0. The van der Waals surface area contributed by atoms with Gasteiger partial charge in [0.25, 0.3) is 0 Å². The molecule has 4 heteroatoms. The third-order valence-corrected chi connectivity index (χ3v) is 2.85. The van der Waals surface area contributed by atoms with Crippen LogP contribution in [0.15, 0.2) is 4.99 Å². The molecule has 1 aliphatic rings. The van der Waals surface area contributed by atoms with E-state index >= 15 is 0 Å². The van der Waals surface area contributed by atoms with Crippen molar-refractivity contribution >= 4 is 12.0 Å². The Morgan fingerprint density at radius 3 is 2.60 bits per heavy atom. The largest absolute Gasteiger partial charge is 0.466 e. The molecule has 0 atom stereocenters. The molecule has 84 valence electrons. The molecule has 0 heterocycles. The van der Waals surface area contributed by atoms with Crippen molar-refractivity contribution in [3.05, 3.63) is 0 Å². The van der Waals surface area contributed by atoms with Crippen molar-refractivity contribution in [3.63, 3.8) is 0 Å². The summed E-state index contributed by atoms with van der Waals surface area (Å²) in [7, 11) is 0. The summed E-state index contributed by atoms with van der Waals surface area (Å²) in [4.78, 5) is 25.6. The van der Waals surface area contributed by atoms with Gasteiger partial charge in [-0.2, -0.15) is 4.99 Å². The number of hydrogen-bond acceptors (Lipinski definition) is 4. The van der Waals surface area contributed by atoms with Gasteiger partial charge in [0.15, 0.2) is 0 Å². The van der Waals surface area contributed by atoms with Crippen molar-refractivity contribution in [2.24, 2.45) is 4.99 Å². The maximum Gasteiger partial charge on any atom is 0.308 e. The van der Waals surface area contributed by atoms with Gasteiger partial charge in [-0.25, -0.2) is 4.79 Å². The van der Waals surface area contributed by atoms with Gasteiger partial charge in [-0.1, -0.05) is 19.3 Å². The summed E-state index contributed by atoms with van der Waals surface area (Å²) in [5, 5.41) is 0. The van der Waals surface area contributed by atoms with E-state index in [0.29, 0.717) is 6.61 Å². The summed E-state index contributed by atoms with van der Waals surface area (Å²) in [5.41, 5.74) is -0.522. The molecule has 0 aromatic rings. The first-order valence-electron chi connectivity index (χ1n) is 5.47. The minimum absolute atomic E-state index is 0.218. The highest BCUT2D eigenvalue weighted by molar-refractivity contribution is 5.71. The highest BCUT2D eigenvalue weighted by Gasteiger charge is 2.34. The van der Waals surface area contributed by atoms with Crippen molar-refractivity contribution in [2.75, 3.05) is 6.61 Å². The average Bonchev–Trinajstić information content (AvgIpc) is 2.19. The topological polar surface area (TPSA) is 55.7 Å². The van der Waals surface area contributed by atoms with Crippen LogP contribution in [-0.4, -0.2) is 24.2 Å². The van der Waals surface area contributed by atoms with Crippen molar-refractivity contribution in [3.8, 4) is 0 Å². The highest BCUT2D eigenvalue weighted by Crippen LogP contribution is 2.34. The Hall–Kier alpha value is -1.15. The number of carbonyl (C=O) groups excluding carboxylic acids is 2. The van der Waals surface area contributed by atoms with E-state index < -0.39 is 5.54 Å². The first-order valence-corrected chi connectivity index (χ1v) is 5.47. The molecule has 0 unspecified atom stereocenters. The van der Waals surface area contributed by atoms with Gasteiger partial charge in [0.2, 0.25) is 6.08 Å². The van der Waals surface area contributed by atoms with E-state index in [1.54, 1.807) is 13.0 Å². The molecule has 0 saturated heterocycles. The van der Waals surface area contributed by atoms with Crippen LogP contribution in [0.5, 0.6) is 0 Å². The lowest BCUT2D eigenvalue weighted by molar-refractivity contribution is -0.144. The fourth-order valence-electron chi connectivity index (χ4n) is 2.12. The molecular formula is C11H17NO3. The molecule has 1 aliphatic carbocycles. The van der Waals surface area contributed by atoms with Gasteiger partial charge < -0.3 is 4.74 Å². The number of aliphatic imine (C=N–C) groups is 1. The molecule has 0 radical (unpaired) electrons. The van der Waals surface area contributed by atoms with Crippen LogP contribution in [0.4, 0.5) is 0 Å². The first-order chi connectivity index (χ1) is 7.22. The first kappa shape index (κ1) is 11.9. The molecule has 0 spiro atoms. The zero-order valence-corrected chi connectivity index (χ0v) is 9.12. The Balaban J connectivity index is 2.63. The lowest BCUT2D eigenvalue weighted by atomic mass is 9.80. The van der Waals surface area contributed by atoms with Crippen LogP contribution in [0.1, 0.15) is 45.4 Å². The van der Waals surface area contributed by atoms with Gasteiger partial charge in [-0.3, -0.25) is 4.79 Å². The van der Waals surface area contributed by atoms with Gasteiger partial charge in [0, 0.05) is 0 Å². The van der Waals surface area contributed by atoms with Crippen LogP contribution in [0, 0.1) is 0 Å². The van der Waals surface area contributed by atoms with Crippen molar-refractivity contribution in [1.29, 1.82) is 0 Å². The summed E-state index contributed by atoms with van der Waals surface area (Å²) < 4.78 is 4.89. The molecule has 0 N–H and O–H groups in total. The maximum absolute atomic E-state index is 11.4. The standard InChI is InChI=1S/C11H17NO3/c1-2-15-10(14)8-11(12-9-13)6-4-3-5-7-11/h2-8H2,1H3. The number of hydrogen-bond donors (Lipinski definition) is 0. The van der Waals surface area contributed by atoms with E-state index in [-0.39, 0.29) is 12.4 Å². The SMILES string of the molecule is CCOC(=O)CC1(N=C=O)CCCCC1. The molecule has 15 heavy (non-hydrogen) atoms. The Labute approximate surface area is 89.7 Å². The maximum atomic E-state index is 11.4. The van der Waals surface area contributed by atoms with Crippen molar-refractivity contribution in [1.82, 2.24) is 0 Å². The zero-order chi connectivity index (χ0) is 11.1. The smallest absolute Gasteiger partial charge is 0.308 e. The fraction of sp³-hybridized carbons (Fsp3) is 0.818. The van der Waals surface area contributed by atoms with Gasteiger partial charge >= 0.3 is 5.97 Å². The molecule has 0 aromatic heterocycles. The minimum atomic E-state index is -0.522. The van der Waals surface area contributed by atoms with E-state index in [1.165, 1.54) is 0 Å². The van der Waals surface area contributed by atoms with Crippen molar-refractivity contribution in [2.45, 2.75) is 51.0 Å². The molecule has 0 amide bonds. The lowest BCUT2D eigenvalue weighted by Gasteiger charge is -2.30. The highest BCUT2D eigenvalue weighted by atomic mass is 16.5. The second-order valence-corrected chi connectivity index (χ2v) is 3.97. The van der Waals surface area contributed by atoms with Crippen LogP contribution >= 0.6 is 0 Å². The number of nitrogens with zero attached hydrogens (tertiary/aromatic N) is 1. The molecule has 1 rings (SSSR count). The Morgan fingerprint density at radius 1 is 1.40 bits per heavy atom. The Kier molecular flexibility index (Phi) is 4.50. The normalized spacial score (nSPS) is 19.0. The third kappa shape index (κ3) is 3.48. The monoisotopic (exact) mass is 211 g/mol. The average molecular weight is 211 g/mol. The molecule has 1 saturated carbocycles. The predicted molar refractivity (Wildman–Crippen MR) is 55.2 cm³/mol. The third-order valence-electron chi connectivity index (χ3n) is 2.85. The minimum Gasteiger partial charge on any atom is -0.466 e. The zero-order valence-electron chi connectivity index (χ0n) is 9.12. The lowest BCUT2D eigenvalue weighted by Crippen LogP contribution is -2.33. The molecular weight excluding hydrogens is 194 g/mol. The van der Waals surface area contributed by atoms with Crippen LogP contribution in [-0.2, 0) is 14.3 Å². The second kappa shape index (κ2) is 5.66. The van der Waals surface area contributed by atoms with Crippen LogP contribution in [0.3, 0.4) is 0 Å². The second-order valence-electron chi connectivity index (χ2n) is 3.97. The summed E-state index contributed by atoms with van der Waals surface area (Å²) in [6.07, 6.45) is 6.59. The molecule has 0 bridgehead atoms. The quantitative estimate of drug-likeness (QED) is 0.406. The fourth-order valence-corrected chi connectivity index (χ4v) is 2.12. The van der Waals surface area contributed by atoms with Crippen molar-refractivity contribution < 1.29 is 14.3 Å². The molecule has 4 nitrogen and oxygen atoms in total. The predicted octanol–water partition coefficient (Wildman–Crippen LogP) is 1.98. The molecule has 1 fully saturated rings. The summed E-state index contributed by atoms with van der Waals surface area (Å²) >= 11 is 0. The number of rotatable bonds is 4. The Morgan fingerprint density at radius 2 is 2.07 bits per heavy atom. The van der Waals surface area contributed by atoms with E-state index in [9.17, 15) is 9.59 Å². The van der Waals surface area contributed by atoms with Gasteiger partial charge in [0.05, 0.1) is 18.6 Å². The van der Waals surface area contributed by atoms with Crippen LogP contribution < -0.4 is 0 Å². The summed E-state index contributed by atoms with van der Waals surface area (Å²) in [6.45, 7) is 2.15.